The van der Waals surface area contributed by atoms with Crippen molar-refractivity contribution in [1.29, 1.82) is 0 Å². The predicted molar refractivity (Wildman–Crippen MR) is 136 cm³/mol. The predicted octanol–water partition coefficient (Wildman–Crippen LogP) is 0.962. The minimum absolute atomic E-state index is 0.0700. The number of para-hydroxylation sites is 1. The maximum absolute atomic E-state index is 13.7. The Bertz CT molecular complexity index is 1340. The van der Waals surface area contributed by atoms with Gasteiger partial charge in [0.2, 0.25) is 5.95 Å². The number of nitrogens with zero attached hydrogens (tertiary/aromatic N) is 4. The Balaban J connectivity index is 1.52. The van der Waals surface area contributed by atoms with Crippen molar-refractivity contribution >= 4 is 36.6 Å². The first-order valence-corrected chi connectivity index (χ1v) is 13.4. The number of ether oxygens (including phenoxy) is 2. The van der Waals surface area contributed by atoms with Crippen molar-refractivity contribution < 1.29 is 43.3 Å². The third-order valence-corrected chi connectivity index (χ3v) is 7.23. The largest absolute Gasteiger partial charge is 0.462 e. The molecule has 2 aromatic heterocycles. The lowest BCUT2D eigenvalue weighted by Gasteiger charge is -2.25. The van der Waals surface area contributed by atoms with Gasteiger partial charge in [0.05, 0.1) is 19.0 Å². The fourth-order valence-electron chi connectivity index (χ4n) is 3.80. The number of fused-ring (bicyclic) bond motifs is 1. The lowest BCUT2D eigenvalue weighted by atomic mass is 10.1. The van der Waals surface area contributed by atoms with Gasteiger partial charge < -0.3 is 29.9 Å². The highest BCUT2D eigenvalue weighted by molar-refractivity contribution is 7.52. The Morgan fingerprint density at radius 3 is 2.59 bits per heavy atom. The van der Waals surface area contributed by atoms with Crippen LogP contribution >= 0.6 is 7.75 Å². The van der Waals surface area contributed by atoms with E-state index in [1.807, 2.05) is 5.48 Å². The summed E-state index contributed by atoms with van der Waals surface area (Å²) in [6.07, 6.45) is -4.51. The zero-order valence-electron chi connectivity index (χ0n) is 21.2. The van der Waals surface area contributed by atoms with Crippen LogP contribution in [-0.4, -0.2) is 78.0 Å². The zero-order valence-corrected chi connectivity index (χ0v) is 22.1. The van der Waals surface area contributed by atoms with E-state index in [9.17, 15) is 24.8 Å². The highest BCUT2D eigenvalue weighted by atomic mass is 31.2. The number of carbonyl (C=O) groups excluding carboxylic acids is 1. The number of anilines is 2. The molecule has 0 saturated carbocycles. The normalized spacial score (nSPS) is 23.5. The van der Waals surface area contributed by atoms with E-state index in [2.05, 4.69) is 20.0 Å². The standard InChI is InChI=1S/C22H30N7O9P/c1-11(2)36-21(32)12(3)28-39(34,38-13-7-5-4-6-8-13)35-9-14-16(30)17(31)20(37-14)29-10-24-15-18(27-33)25-22(23)26-19(15)29/h4-8,10-12,14,16-17,20,30-31,33H,9H2,1-3H3,(H,28,34)(H3,23,25,26,27)/t12-,14-,16-,17-,20-,39-/m1/s1. The summed E-state index contributed by atoms with van der Waals surface area (Å²) in [6.45, 7) is 4.27. The molecule has 4 rings (SSSR count). The number of aliphatic hydroxyl groups is 2. The number of aromatic nitrogens is 4. The van der Waals surface area contributed by atoms with E-state index in [4.69, 9.17) is 24.3 Å². The van der Waals surface area contributed by atoms with Gasteiger partial charge in [-0.3, -0.25) is 24.6 Å². The average Bonchev–Trinajstić information content (AvgIpc) is 3.42. The molecule has 212 valence electrons. The Hall–Kier alpha value is -3.37. The van der Waals surface area contributed by atoms with Gasteiger partial charge in [-0.25, -0.2) is 9.55 Å². The number of hydrogen-bond donors (Lipinski definition) is 6. The van der Waals surface area contributed by atoms with Crippen LogP contribution in [0.15, 0.2) is 36.7 Å². The van der Waals surface area contributed by atoms with Gasteiger partial charge in [-0.05, 0) is 32.9 Å². The second kappa shape index (κ2) is 11.8. The molecule has 16 nitrogen and oxygen atoms in total. The van der Waals surface area contributed by atoms with E-state index in [0.29, 0.717) is 0 Å². The molecule has 0 aliphatic carbocycles. The molecule has 1 saturated heterocycles. The number of nitrogens with one attached hydrogen (secondary N) is 2. The molecule has 0 unspecified atom stereocenters. The van der Waals surface area contributed by atoms with Crippen LogP contribution < -0.4 is 20.8 Å². The van der Waals surface area contributed by atoms with Gasteiger partial charge in [-0.2, -0.15) is 15.1 Å². The number of benzene rings is 1. The van der Waals surface area contributed by atoms with Crippen molar-refractivity contribution in [1.82, 2.24) is 24.6 Å². The molecular weight excluding hydrogens is 537 g/mol. The maximum Gasteiger partial charge on any atom is 0.459 e. The van der Waals surface area contributed by atoms with Crippen molar-refractivity contribution in [3.8, 4) is 5.75 Å². The van der Waals surface area contributed by atoms with Gasteiger partial charge in [-0.15, -0.1) is 0 Å². The van der Waals surface area contributed by atoms with Crippen molar-refractivity contribution in [2.24, 2.45) is 0 Å². The Labute approximate surface area is 222 Å². The number of esters is 1. The molecule has 17 heteroatoms. The number of nitrogen functional groups attached to an aromatic ring is 1. The summed E-state index contributed by atoms with van der Waals surface area (Å²) in [5.41, 5.74) is 7.79. The van der Waals surface area contributed by atoms with Crippen LogP contribution in [0.5, 0.6) is 5.75 Å². The Kier molecular flexibility index (Phi) is 8.66. The van der Waals surface area contributed by atoms with E-state index >= 15 is 0 Å². The van der Waals surface area contributed by atoms with Gasteiger partial charge in [0.15, 0.2) is 23.2 Å². The van der Waals surface area contributed by atoms with Crippen LogP contribution in [0.4, 0.5) is 11.8 Å². The van der Waals surface area contributed by atoms with Gasteiger partial charge in [-0.1, -0.05) is 18.2 Å². The van der Waals surface area contributed by atoms with Crippen molar-refractivity contribution in [3.63, 3.8) is 0 Å². The second-order valence-electron chi connectivity index (χ2n) is 8.95. The summed E-state index contributed by atoms with van der Waals surface area (Å²) in [6, 6.07) is 7.06. The monoisotopic (exact) mass is 567 g/mol. The third-order valence-electron chi connectivity index (χ3n) is 5.59. The molecular formula is C22H30N7O9P. The number of nitrogens with two attached hydrogens (primary N) is 1. The Morgan fingerprint density at radius 1 is 1.21 bits per heavy atom. The van der Waals surface area contributed by atoms with E-state index in [-0.39, 0.29) is 28.7 Å². The first kappa shape index (κ1) is 28.6. The van der Waals surface area contributed by atoms with Gasteiger partial charge in [0.25, 0.3) is 0 Å². The fourth-order valence-corrected chi connectivity index (χ4v) is 5.30. The van der Waals surface area contributed by atoms with E-state index in [1.54, 1.807) is 44.2 Å². The van der Waals surface area contributed by atoms with E-state index in [1.165, 1.54) is 17.8 Å². The lowest BCUT2D eigenvalue weighted by molar-refractivity contribution is -0.149. The van der Waals surface area contributed by atoms with Crippen molar-refractivity contribution in [3.05, 3.63) is 36.7 Å². The summed E-state index contributed by atoms with van der Waals surface area (Å²) in [5.74, 6) is -0.745. The first-order valence-electron chi connectivity index (χ1n) is 11.9. The number of carbonyl (C=O) groups is 1. The molecule has 3 aromatic rings. The van der Waals surface area contributed by atoms with E-state index in [0.717, 1.165) is 0 Å². The Morgan fingerprint density at radius 2 is 1.92 bits per heavy atom. The number of rotatable bonds is 11. The van der Waals surface area contributed by atoms with Crippen LogP contribution in [0.1, 0.15) is 27.0 Å². The van der Waals surface area contributed by atoms with Gasteiger partial charge >= 0.3 is 13.7 Å². The summed E-state index contributed by atoms with van der Waals surface area (Å²) in [7, 11) is -4.25. The molecule has 1 aliphatic heterocycles. The molecule has 1 aromatic carbocycles. The number of imidazole rings is 1. The van der Waals surface area contributed by atoms with E-state index < -0.39 is 57.0 Å². The number of hydrogen-bond acceptors (Lipinski definition) is 14. The molecule has 0 bridgehead atoms. The van der Waals surface area contributed by atoms with Crippen LogP contribution in [-0.2, 0) is 23.4 Å². The van der Waals surface area contributed by atoms with Crippen LogP contribution in [0, 0.1) is 0 Å². The second-order valence-corrected chi connectivity index (χ2v) is 10.6. The summed E-state index contributed by atoms with van der Waals surface area (Å²) in [5, 5.41) is 33.3. The highest BCUT2D eigenvalue weighted by Gasteiger charge is 2.46. The molecule has 1 fully saturated rings. The topological polar surface area (TPSA) is 225 Å². The van der Waals surface area contributed by atoms with Gasteiger partial charge in [0.1, 0.15) is 30.1 Å². The van der Waals surface area contributed by atoms with Crippen molar-refractivity contribution in [2.45, 2.75) is 57.5 Å². The minimum Gasteiger partial charge on any atom is -0.462 e. The highest BCUT2D eigenvalue weighted by Crippen LogP contribution is 2.46. The fraction of sp³-hybridized carbons (Fsp3) is 0.455. The summed E-state index contributed by atoms with van der Waals surface area (Å²) >= 11 is 0. The number of aliphatic hydroxyl groups excluding tert-OH is 2. The maximum atomic E-state index is 13.7. The van der Waals surface area contributed by atoms with Gasteiger partial charge in [0, 0.05) is 0 Å². The molecule has 0 amide bonds. The lowest BCUT2D eigenvalue weighted by Crippen LogP contribution is -2.38. The molecule has 39 heavy (non-hydrogen) atoms. The average molecular weight is 567 g/mol. The quantitative estimate of drug-likeness (QED) is 0.108. The van der Waals surface area contributed by atoms with Crippen LogP contribution in [0.3, 0.4) is 0 Å². The molecule has 7 N–H and O–H groups in total. The molecule has 3 heterocycles. The molecule has 0 radical (unpaired) electrons. The SMILES string of the molecule is CC(C)OC(=O)[C@@H](C)N[P@@](=O)(OC[C@H]1O[C@@H](n2cnc3c(NO)nc(N)nc32)[C@H](O)[C@@H]1O)Oc1ccccc1. The smallest absolute Gasteiger partial charge is 0.459 e. The third kappa shape index (κ3) is 6.45. The summed E-state index contributed by atoms with van der Waals surface area (Å²) < 4.78 is 37.1. The van der Waals surface area contributed by atoms with Crippen LogP contribution in [0.2, 0.25) is 0 Å². The molecule has 0 spiro atoms. The summed E-state index contributed by atoms with van der Waals surface area (Å²) in [4.78, 5) is 24.3. The van der Waals surface area contributed by atoms with Crippen LogP contribution in [0.25, 0.3) is 11.2 Å². The molecule has 1 aliphatic rings. The molecule has 6 atom stereocenters. The minimum atomic E-state index is -4.25. The first-order chi connectivity index (χ1) is 18.5. The van der Waals surface area contributed by atoms with Crippen molar-refractivity contribution in [2.75, 3.05) is 17.8 Å². The zero-order chi connectivity index (χ0) is 28.3.